The van der Waals surface area contributed by atoms with Crippen LogP contribution in [-0.4, -0.2) is 63.3 Å². The fourth-order valence-electron chi connectivity index (χ4n) is 0.822. The second-order valence-corrected chi connectivity index (χ2v) is 2.92. The van der Waals surface area contributed by atoms with Gasteiger partial charge in [-0.1, -0.05) is 0 Å². The Balaban J connectivity index is 3.16. The smallest absolute Gasteiger partial charge is 0.341 e. The minimum absolute atomic E-state index is 0.244. The van der Waals surface area contributed by atoms with Gasteiger partial charge in [0.15, 0.2) is 6.61 Å². The summed E-state index contributed by atoms with van der Waals surface area (Å²) < 4.78 is 19.4. The topological polar surface area (TPSA) is 91.3 Å². The molecule has 0 radical (unpaired) electrons. The Kier molecular flexibility index (Phi) is 10.5. The molecule has 0 heterocycles. The van der Waals surface area contributed by atoms with E-state index >= 15 is 0 Å². The number of ether oxygens (including phenoxy) is 4. The third kappa shape index (κ3) is 12.8. The molecule has 0 aromatic rings. The molecule has 0 bridgehead atoms. The summed E-state index contributed by atoms with van der Waals surface area (Å²) in [6, 6.07) is 0. The lowest BCUT2D eigenvalue weighted by molar-refractivity contribution is -0.158. The number of esters is 1. The molecular formula is C10H18O7. The quantitative estimate of drug-likeness (QED) is 0.397. The van der Waals surface area contributed by atoms with Gasteiger partial charge in [0.05, 0.1) is 26.4 Å². The molecule has 0 amide bonds. The van der Waals surface area contributed by atoms with Gasteiger partial charge in [0.1, 0.15) is 6.61 Å². The first-order chi connectivity index (χ1) is 8.16. The van der Waals surface area contributed by atoms with Crippen LogP contribution in [0.4, 0.5) is 0 Å². The highest BCUT2D eigenvalue weighted by atomic mass is 16.6. The zero-order valence-electron chi connectivity index (χ0n) is 9.85. The van der Waals surface area contributed by atoms with Gasteiger partial charge in [0.2, 0.25) is 0 Å². The molecule has 0 saturated carbocycles. The van der Waals surface area contributed by atoms with E-state index in [-0.39, 0.29) is 13.2 Å². The molecule has 7 heteroatoms. The summed E-state index contributed by atoms with van der Waals surface area (Å²) in [4.78, 5) is 20.9. The Morgan fingerprint density at radius 2 is 1.53 bits per heavy atom. The number of rotatable bonds is 11. The van der Waals surface area contributed by atoms with Gasteiger partial charge in [-0.05, 0) is 6.92 Å². The van der Waals surface area contributed by atoms with Crippen LogP contribution in [0, 0.1) is 0 Å². The molecule has 0 aliphatic carbocycles. The van der Waals surface area contributed by atoms with Gasteiger partial charge in [-0.15, -0.1) is 0 Å². The molecule has 7 nitrogen and oxygen atoms in total. The third-order valence-corrected chi connectivity index (χ3v) is 1.52. The van der Waals surface area contributed by atoms with Crippen molar-refractivity contribution in [2.45, 2.75) is 6.92 Å². The summed E-state index contributed by atoms with van der Waals surface area (Å²) in [5, 5.41) is 8.22. The number of carboxylic acid groups (broad SMARTS) is 1. The van der Waals surface area contributed by atoms with E-state index in [2.05, 4.69) is 4.74 Å². The summed E-state index contributed by atoms with van der Waals surface area (Å²) in [6.45, 7) is 3.21. The third-order valence-electron chi connectivity index (χ3n) is 1.52. The Morgan fingerprint density at radius 3 is 2.12 bits per heavy atom. The molecule has 1 N–H and O–H groups in total. The first-order valence-corrected chi connectivity index (χ1v) is 5.27. The lowest BCUT2D eigenvalue weighted by Crippen LogP contribution is -2.19. The van der Waals surface area contributed by atoms with Gasteiger partial charge >= 0.3 is 11.9 Å². The van der Waals surface area contributed by atoms with E-state index in [0.717, 1.165) is 0 Å². The number of carbonyl (C=O) groups is 2. The van der Waals surface area contributed by atoms with Crippen molar-refractivity contribution < 1.29 is 33.6 Å². The highest BCUT2D eigenvalue weighted by molar-refractivity contribution is 5.75. The molecule has 100 valence electrons. The molecule has 0 atom stereocenters. The molecule has 17 heavy (non-hydrogen) atoms. The van der Waals surface area contributed by atoms with E-state index in [4.69, 9.17) is 19.3 Å². The van der Waals surface area contributed by atoms with Crippen molar-refractivity contribution in [2.75, 3.05) is 46.2 Å². The van der Waals surface area contributed by atoms with Crippen molar-refractivity contribution >= 4 is 11.9 Å². The Morgan fingerprint density at radius 1 is 0.941 bits per heavy atom. The predicted molar refractivity (Wildman–Crippen MR) is 56.7 cm³/mol. The van der Waals surface area contributed by atoms with Gasteiger partial charge in [-0.3, -0.25) is 0 Å². The average Bonchev–Trinajstić information content (AvgIpc) is 2.30. The number of hydrogen-bond acceptors (Lipinski definition) is 6. The van der Waals surface area contributed by atoms with Crippen LogP contribution < -0.4 is 0 Å². The molecule has 0 unspecified atom stereocenters. The van der Waals surface area contributed by atoms with Crippen molar-refractivity contribution in [3.05, 3.63) is 0 Å². The van der Waals surface area contributed by atoms with Crippen molar-refractivity contribution in [3.8, 4) is 0 Å². The van der Waals surface area contributed by atoms with E-state index in [0.29, 0.717) is 26.4 Å². The molecule has 0 spiro atoms. The van der Waals surface area contributed by atoms with Crippen LogP contribution in [0.5, 0.6) is 0 Å². The van der Waals surface area contributed by atoms with Crippen LogP contribution in [0.25, 0.3) is 0 Å². The number of carbonyl (C=O) groups excluding carboxylic acids is 1. The second kappa shape index (κ2) is 11.3. The number of hydrogen-bond donors (Lipinski definition) is 1. The summed E-state index contributed by atoms with van der Waals surface area (Å²) in [5.74, 6) is -1.90. The van der Waals surface area contributed by atoms with E-state index in [9.17, 15) is 9.59 Å². The lowest BCUT2D eigenvalue weighted by Gasteiger charge is -2.05. The maximum absolute atomic E-state index is 10.9. The van der Waals surface area contributed by atoms with Crippen LogP contribution in [0.2, 0.25) is 0 Å². The first kappa shape index (κ1) is 15.8. The Hall–Kier alpha value is -1.18. The molecule has 0 aliphatic rings. The summed E-state index contributed by atoms with van der Waals surface area (Å²) >= 11 is 0. The largest absolute Gasteiger partial charge is 0.479 e. The minimum atomic E-state index is -1.20. The minimum Gasteiger partial charge on any atom is -0.479 e. The molecule has 0 saturated heterocycles. The van der Waals surface area contributed by atoms with E-state index in [1.807, 2.05) is 6.92 Å². The van der Waals surface area contributed by atoms with Crippen LogP contribution in [0.15, 0.2) is 0 Å². The van der Waals surface area contributed by atoms with Gasteiger partial charge in [-0.25, -0.2) is 9.59 Å². The maximum Gasteiger partial charge on any atom is 0.341 e. The van der Waals surface area contributed by atoms with Crippen molar-refractivity contribution in [3.63, 3.8) is 0 Å². The van der Waals surface area contributed by atoms with Crippen LogP contribution in [-0.2, 0) is 28.5 Å². The summed E-state index contributed by atoms with van der Waals surface area (Å²) in [6.07, 6.45) is 0. The predicted octanol–water partition coefficient (Wildman–Crippen LogP) is -0.316. The fourth-order valence-corrected chi connectivity index (χ4v) is 0.822. The number of carboxylic acids is 1. The molecule has 0 fully saturated rings. The standard InChI is InChI=1S/C10H18O7/c1-2-14-3-4-15-5-6-16-8-10(13)17-7-9(11)12/h2-8H2,1H3,(H,11,12). The maximum atomic E-state index is 10.9. The molecule has 0 aliphatic heterocycles. The van der Waals surface area contributed by atoms with E-state index in [1.54, 1.807) is 0 Å². The van der Waals surface area contributed by atoms with Gasteiger partial charge in [0.25, 0.3) is 0 Å². The monoisotopic (exact) mass is 250 g/mol. The van der Waals surface area contributed by atoms with E-state index in [1.165, 1.54) is 0 Å². The van der Waals surface area contributed by atoms with Crippen LogP contribution in [0.3, 0.4) is 0 Å². The number of aliphatic carboxylic acids is 1. The van der Waals surface area contributed by atoms with Crippen molar-refractivity contribution in [1.82, 2.24) is 0 Å². The lowest BCUT2D eigenvalue weighted by atomic mass is 10.6. The molecule has 0 aromatic carbocycles. The molecule has 0 rings (SSSR count). The first-order valence-electron chi connectivity index (χ1n) is 5.27. The molecular weight excluding hydrogens is 232 g/mol. The zero-order chi connectivity index (χ0) is 12.9. The Bertz CT molecular complexity index is 217. The van der Waals surface area contributed by atoms with Gasteiger partial charge in [0, 0.05) is 6.61 Å². The van der Waals surface area contributed by atoms with E-state index < -0.39 is 18.5 Å². The van der Waals surface area contributed by atoms with Gasteiger partial charge < -0.3 is 24.1 Å². The van der Waals surface area contributed by atoms with Crippen molar-refractivity contribution in [2.24, 2.45) is 0 Å². The fraction of sp³-hybridized carbons (Fsp3) is 0.800. The average molecular weight is 250 g/mol. The second-order valence-electron chi connectivity index (χ2n) is 2.92. The van der Waals surface area contributed by atoms with Crippen LogP contribution in [0.1, 0.15) is 6.92 Å². The molecule has 0 aromatic heterocycles. The highest BCUT2D eigenvalue weighted by Crippen LogP contribution is 1.84. The van der Waals surface area contributed by atoms with Gasteiger partial charge in [-0.2, -0.15) is 0 Å². The highest BCUT2D eigenvalue weighted by Gasteiger charge is 2.05. The van der Waals surface area contributed by atoms with Crippen molar-refractivity contribution in [1.29, 1.82) is 0 Å². The van der Waals surface area contributed by atoms with Crippen LogP contribution >= 0.6 is 0 Å². The Labute approximate surface area is 99.6 Å². The zero-order valence-corrected chi connectivity index (χ0v) is 9.85. The summed E-state index contributed by atoms with van der Waals surface area (Å²) in [5.41, 5.74) is 0. The SMILES string of the molecule is CCOCCOCCOCC(=O)OCC(=O)O. The normalized spacial score (nSPS) is 10.2. The summed E-state index contributed by atoms with van der Waals surface area (Å²) in [7, 11) is 0.